The molecule has 4 rings (SSSR count). The van der Waals surface area contributed by atoms with Gasteiger partial charge >= 0.3 is 0 Å². The van der Waals surface area contributed by atoms with Crippen molar-refractivity contribution in [3.05, 3.63) is 40.2 Å². The molecule has 3 heterocycles. The lowest BCUT2D eigenvalue weighted by atomic mass is 9.87. The summed E-state index contributed by atoms with van der Waals surface area (Å²) in [4.78, 5) is 34.2. The van der Waals surface area contributed by atoms with Gasteiger partial charge in [0.15, 0.2) is 0 Å². The van der Waals surface area contributed by atoms with Crippen molar-refractivity contribution < 1.29 is 14.0 Å². The van der Waals surface area contributed by atoms with Crippen molar-refractivity contribution in [3.8, 4) is 6.07 Å². The van der Waals surface area contributed by atoms with Crippen molar-refractivity contribution in [2.75, 3.05) is 19.6 Å². The lowest BCUT2D eigenvalue weighted by Gasteiger charge is -2.34. The lowest BCUT2D eigenvalue weighted by molar-refractivity contribution is -0.137. The molecular weight excluding hydrogens is 424 g/mol. The van der Waals surface area contributed by atoms with Gasteiger partial charge < -0.3 is 14.2 Å². The van der Waals surface area contributed by atoms with Crippen molar-refractivity contribution in [1.29, 1.82) is 5.26 Å². The third-order valence-corrected chi connectivity index (χ3v) is 7.57. The Bertz CT molecular complexity index is 935. The maximum absolute atomic E-state index is 13.1. The number of nitriles is 1. The molecule has 0 radical (unpaired) electrons. The predicted molar refractivity (Wildman–Crippen MR) is 121 cm³/mol. The average Bonchev–Trinajstić information content (AvgIpc) is 3.54. The van der Waals surface area contributed by atoms with Gasteiger partial charge in [0.1, 0.15) is 11.5 Å². The number of aromatic nitrogens is 1. The van der Waals surface area contributed by atoms with Gasteiger partial charge in [0, 0.05) is 36.9 Å². The van der Waals surface area contributed by atoms with Crippen LogP contribution in [0.1, 0.15) is 78.5 Å². The van der Waals surface area contributed by atoms with Crippen LogP contribution in [0, 0.1) is 17.2 Å². The SMILES string of the molecule is N#CCCN(Cc1ccco1)C(=O)c1csc(C2CCN(C(=O)C3CCCCC3)CC2)n1. The molecule has 1 aliphatic carbocycles. The second-order valence-corrected chi connectivity index (χ2v) is 9.61. The largest absolute Gasteiger partial charge is 0.467 e. The zero-order chi connectivity index (χ0) is 22.3. The van der Waals surface area contributed by atoms with Crippen LogP contribution >= 0.6 is 11.3 Å². The monoisotopic (exact) mass is 454 g/mol. The van der Waals surface area contributed by atoms with E-state index in [0.717, 1.165) is 43.8 Å². The molecule has 2 aromatic rings. The van der Waals surface area contributed by atoms with Crippen LogP contribution in [0.5, 0.6) is 0 Å². The van der Waals surface area contributed by atoms with Crippen LogP contribution in [-0.4, -0.2) is 46.2 Å². The molecule has 2 amide bonds. The number of carbonyl (C=O) groups is 2. The summed E-state index contributed by atoms with van der Waals surface area (Å²) < 4.78 is 5.38. The molecule has 8 heteroatoms. The Balaban J connectivity index is 1.35. The molecule has 2 fully saturated rings. The van der Waals surface area contributed by atoms with Gasteiger partial charge in [-0.3, -0.25) is 9.59 Å². The number of thiazole rings is 1. The highest BCUT2D eigenvalue weighted by molar-refractivity contribution is 7.09. The summed E-state index contributed by atoms with van der Waals surface area (Å²) >= 11 is 1.52. The van der Waals surface area contributed by atoms with Gasteiger partial charge in [0.25, 0.3) is 5.91 Å². The van der Waals surface area contributed by atoms with Gasteiger partial charge in [-0.15, -0.1) is 11.3 Å². The maximum atomic E-state index is 13.1. The van der Waals surface area contributed by atoms with Gasteiger partial charge in [0.2, 0.25) is 5.91 Å². The van der Waals surface area contributed by atoms with Crippen LogP contribution in [-0.2, 0) is 11.3 Å². The molecule has 0 unspecified atom stereocenters. The minimum Gasteiger partial charge on any atom is -0.467 e. The Hall–Kier alpha value is -2.66. The average molecular weight is 455 g/mol. The quantitative estimate of drug-likeness (QED) is 0.611. The molecule has 0 bridgehead atoms. The lowest BCUT2D eigenvalue weighted by Crippen LogP contribution is -2.41. The molecule has 170 valence electrons. The number of amides is 2. The van der Waals surface area contributed by atoms with E-state index < -0.39 is 0 Å². The number of piperidine rings is 1. The van der Waals surface area contributed by atoms with Crippen LogP contribution in [0.25, 0.3) is 0 Å². The number of hydrogen-bond acceptors (Lipinski definition) is 6. The summed E-state index contributed by atoms with van der Waals surface area (Å²) in [6.45, 7) is 2.21. The summed E-state index contributed by atoms with van der Waals surface area (Å²) in [6.07, 6.45) is 9.31. The standard InChI is InChI=1S/C24H30N4O3S/c25-11-5-12-28(16-20-8-4-15-31-20)24(30)21-17-32-22(26-21)18-9-13-27(14-10-18)23(29)19-6-2-1-3-7-19/h4,8,15,17-19H,1-3,5-7,9-10,12-14,16H2. The smallest absolute Gasteiger partial charge is 0.273 e. The number of hydrogen-bond donors (Lipinski definition) is 0. The Labute approximate surface area is 193 Å². The molecule has 1 saturated heterocycles. The molecular formula is C24H30N4O3S. The first-order valence-corrected chi connectivity index (χ1v) is 12.5. The van der Waals surface area contributed by atoms with E-state index in [4.69, 9.17) is 9.68 Å². The van der Waals surface area contributed by atoms with Crippen molar-refractivity contribution >= 4 is 23.2 Å². The van der Waals surface area contributed by atoms with Gasteiger partial charge in [-0.05, 0) is 37.8 Å². The highest BCUT2D eigenvalue weighted by Crippen LogP contribution is 2.33. The van der Waals surface area contributed by atoms with Crippen molar-refractivity contribution in [1.82, 2.24) is 14.8 Å². The third-order valence-electron chi connectivity index (χ3n) is 6.56. The first-order valence-electron chi connectivity index (χ1n) is 11.6. The Morgan fingerprint density at radius 1 is 1.22 bits per heavy atom. The molecule has 0 aromatic carbocycles. The fourth-order valence-corrected chi connectivity index (χ4v) is 5.68. The van der Waals surface area contributed by atoms with Crippen LogP contribution in [0.2, 0.25) is 0 Å². The number of likely N-dealkylation sites (tertiary alicyclic amines) is 1. The zero-order valence-electron chi connectivity index (χ0n) is 18.4. The van der Waals surface area contributed by atoms with E-state index in [1.807, 2.05) is 16.3 Å². The fourth-order valence-electron chi connectivity index (χ4n) is 4.72. The summed E-state index contributed by atoms with van der Waals surface area (Å²) in [7, 11) is 0. The molecule has 7 nitrogen and oxygen atoms in total. The number of rotatable bonds is 7. The maximum Gasteiger partial charge on any atom is 0.273 e. The molecule has 0 atom stereocenters. The van der Waals surface area contributed by atoms with Gasteiger partial charge in [-0.1, -0.05) is 19.3 Å². The van der Waals surface area contributed by atoms with Crippen molar-refractivity contribution in [2.45, 2.75) is 63.8 Å². The van der Waals surface area contributed by atoms with Crippen LogP contribution < -0.4 is 0 Å². The van der Waals surface area contributed by atoms with Gasteiger partial charge in [-0.2, -0.15) is 5.26 Å². The topological polar surface area (TPSA) is 90.4 Å². The fraction of sp³-hybridized carbons (Fsp3) is 0.583. The van der Waals surface area contributed by atoms with Crippen molar-refractivity contribution in [3.63, 3.8) is 0 Å². The highest BCUT2D eigenvalue weighted by Gasteiger charge is 2.31. The normalized spacial score (nSPS) is 17.8. The summed E-state index contributed by atoms with van der Waals surface area (Å²) in [5.74, 6) is 1.35. The molecule has 0 N–H and O–H groups in total. The zero-order valence-corrected chi connectivity index (χ0v) is 19.2. The molecule has 2 aromatic heterocycles. The number of nitrogens with zero attached hydrogens (tertiary/aromatic N) is 4. The molecule has 1 aliphatic heterocycles. The van der Waals surface area contributed by atoms with E-state index >= 15 is 0 Å². The Morgan fingerprint density at radius 2 is 2.00 bits per heavy atom. The second kappa shape index (κ2) is 10.8. The van der Waals surface area contributed by atoms with E-state index in [0.29, 0.717) is 30.5 Å². The molecule has 2 aliphatic rings. The van der Waals surface area contributed by atoms with Gasteiger partial charge in [-0.25, -0.2) is 4.98 Å². The second-order valence-electron chi connectivity index (χ2n) is 8.72. The molecule has 0 spiro atoms. The van der Waals surface area contributed by atoms with E-state index in [9.17, 15) is 9.59 Å². The van der Waals surface area contributed by atoms with E-state index in [1.54, 1.807) is 17.2 Å². The summed E-state index contributed by atoms with van der Waals surface area (Å²) in [5.41, 5.74) is 0.426. The minimum atomic E-state index is -0.177. The Morgan fingerprint density at radius 3 is 2.69 bits per heavy atom. The first kappa shape index (κ1) is 22.5. The third kappa shape index (κ3) is 5.39. The number of carbonyl (C=O) groups excluding carboxylic acids is 2. The highest BCUT2D eigenvalue weighted by atomic mass is 32.1. The predicted octanol–water partition coefficient (Wildman–Crippen LogP) is 4.58. The molecule has 1 saturated carbocycles. The first-order chi connectivity index (χ1) is 15.7. The van der Waals surface area contributed by atoms with Crippen LogP contribution in [0.4, 0.5) is 0 Å². The van der Waals surface area contributed by atoms with E-state index in [2.05, 4.69) is 11.1 Å². The van der Waals surface area contributed by atoms with Crippen LogP contribution in [0.15, 0.2) is 28.2 Å². The summed E-state index contributed by atoms with van der Waals surface area (Å²) in [5, 5.41) is 11.7. The number of furan rings is 1. The minimum absolute atomic E-state index is 0.177. The van der Waals surface area contributed by atoms with Crippen LogP contribution in [0.3, 0.4) is 0 Å². The summed E-state index contributed by atoms with van der Waals surface area (Å²) in [6, 6.07) is 5.71. The van der Waals surface area contributed by atoms with Crippen molar-refractivity contribution in [2.24, 2.45) is 5.92 Å². The van der Waals surface area contributed by atoms with E-state index in [1.165, 1.54) is 30.6 Å². The van der Waals surface area contributed by atoms with E-state index in [-0.39, 0.29) is 24.2 Å². The Kier molecular flexibility index (Phi) is 7.59. The van der Waals surface area contributed by atoms with Gasteiger partial charge in [0.05, 0.1) is 30.3 Å². The molecule has 32 heavy (non-hydrogen) atoms.